The van der Waals surface area contributed by atoms with E-state index in [1.807, 2.05) is 24.3 Å². The van der Waals surface area contributed by atoms with Gasteiger partial charge in [0, 0.05) is 12.5 Å². The van der Waals surface area contributed by atoms with E-state index in [9.17, 15) is 15.0 Å². The Morgan fingerprint density at radius 1 is 0.970 bits per heavy atom. The number of nitrogens with one attached hydrogen (secondary N) is 1. The van der Waals surface area contributed by atoms with Gasteiger partial charge in [0.1, 0.15) is 31.2 Å². The number of alkyl carbamates (subject to hydrolysis) is 1. The summed E-state index contributed by atoms with van der Waals surface area (Å²) in [6.07, 6.45) is -1.35. The number of amides is 1. The molecule has 0 heterocycles. The average Bonchev–Trinajstić information content (AvgIpc) is 3.18. The molecule has 0 saturated heterocycles. The van der Waals surface area contributed by atoms with Crippen LogP contribution in [0, 0.1) is 0 Å². The molecule has 1 aliphatic carbocycles. The van der Waals surface area contributed by atoms with E-state index < -0.39 is 18.3 Å². The molecule has 33 heavy (non-hydrogen) atoms. The second kappa shape index (κ2) is 10.3. The Morgan fingerprint density at radius 2 is 1.58 bits per heavy atom. The third-order valence-electron chi connectivity index (χ3n) is 5.75. The number of aliphatic hydroxyl groups excluding tert-OH is 2. The zero-order chi connectivity index (χ0) is 23.2. The molecule has 0 saturated carbocycles. The smallest absolute Gasteiger partial charge is 0.407 e. The van der Waals surface area contributed by atoms with E-state index in [0.717, 1.165) is 22.3 Å². The van der Waals surface area contributed by atoms with Crippen LogP contribution in [0.3, 0.4) is 0 Å². The van der Waals surface area contributed by atoms with Crippen LogP contribution in [-0.4, -0.2) is 42.2 Å². The average molecular weight is 446 g/mol. The number of carbonyl (C=O) groups is 1. The molecule has 3 aromatic rings. The van der Waals surface area contributed by atoms with Gasteiger partial charge in [-0.15, -0.1) is 0 Å². The highest BCUT2D eigenvalue weighted by atomic mass is 16.5. The Hall–Kier alpha value is -3.61. The molecule has 3 aromatic carbocycles. The zero-order valence-corrected chi connectivity index (χ0v) is 18.2. The van der Waals surface area contributed by atoms with Crippen molar-refractivity contribution >= 4 is 6.09 Å². The van der Waals surface area contributed by atoms with E-state index in [1.165, 1.54) is 0 Å². The Bertz CT molecular complexity index is 1070. The quantitative estimate of drug-likeness (QED) is 0.430. The van der Waals surface area contributed by atoms with Crippen molar-refractivity contribution in [1.29, 1.82) is 0 Å². The minimum atomic E-state index is -1.19. The lowest BCUT2D eigenvalue weighted by Crippen LogP contribution is -2.36. The predicted molar refractivity (Wildman–Crippen MR) is 126 cm³/mol. The van der Waals surface area contributed by atoms with Crippen LogP contribution in [0.1, 0.15) is 28.7 Å². The van der Waals surface area contributed by atoms with E-state index in [1.54, 1.807) is 30.3 Å². The van der Waals surface area contributed by atoms with Crippen LogP contribution in [0.15, 0.2) is 85.5 Å². The zero-order valence-electron chi connectivity index (χ0n) is 18.2. The molecule has 3 N–H and O–H groups in total. The summed E-state index contributed by atoms with van der Waals surface area (Å²) in [5.74, 6) is 0.595. The molecule has 2 atom stereocenters. The molecular weight excluding hydrogens is 418 g/mol. The maximum absolute atomic E-state index is 12.3. The second-order valence-electron chi connectivity index (χ2n) is 7.89. The van der Waals surface area contributed by atoms with Crippen molar-refractivity contribution in [3.05, 3.63) is 102 Å². The van der Waals surface area contributed by atoms with Crippen LogP contribution in [0.5, 0.6) is 5.75 Å². The van der Waals surface area contributed by atoms with Crippen molar-refractivity contribution < 1.29 is 24.5 Å². The SMILES string of the molecule is C=CCOc1ccc(C(O)C(O)CNC(=O)OCC2c3ccccc3-c3ccccc32)cc1. The third-order valence-corrected chi connectivity index (χ3v) is 5.75. The van der Waals surface area contributed by atoms with Gasteiger partial charge >= 0.3 is 6.09 Å². The summed E-state index contributed by atoms with van der Waals surface area (Å²) < 4.78 is 10.9. The molecule has 1 amide bonds. The van der Waals surface area contributed by atoms with Crippen LogP contribution in [0.25, 0.3) is 11.1 Å². The molecule has 1 aliphatic rings. The predicted octanol–water partition coefficient (Wildman–Crippen LogP) is 4.18. The number of hydrogen-bond donors (Lipinski definition) is 3. The number of carbonyl (C=O) groups excluding carboxylic acids is 1. The lowest BCUT2D eigenvalue weighted by atomic mass is 9.98. The van der Waals surface area contributed by atoms with E-state index in [-0.39, 0.29) is 19.1 Å². The number of ether oxygens (including phenoxy) is 2. The van der Waals surface area contributed by atoms with Crippen LogP contribution < -0.4 is 10.1 Å². The molecule has 0 spiro atoms. The van der Waals surface area contributed by atoms with Gasteiger partial charge in [-0.25, -0.2) is 4.79 Å². The number of aliphatic hydroxyl groups is 2. The van der Waals surface area contributed by atoms with E-state index >= 15 is 0 Å². The van der Waals surface area contributed by atoms with Gasteiger partial charge in [0.25, 0.3) is 0 Å². The first kappa shape index (κ1) is 22.6. The van der Waals surface area contributed by atoms with Gasteiger partial charge in [-0.1, -0.05) is 73.3 Å². The fraction of sp³-hybridized carbons (Fsp3) is 0.222. The summed E-state index contributed by atoms with van der Waals surface area (Å²) in [6.45, 7) is 4.01. The monoisotopic (exact) mass is 445 g/mol. The summed E-state index contributed by atoms with van der Waals surface area (Å²) in [4.78, 5) is 12.3. The van der Waals surface area contributed by atoms with Crippen LogP contribution in [-0.2, 0) is 4.74 Å². The van der Waals surface area contributed by atoms with Crippen LogP contribution in [0.2, 0.25) is 0 Å². The highest BCUT2D eigenvalue weighted by Crippen LogP contribution is 2.44. The van der Waals surface area contributed by atoms with Crippen molar-refractivity contribution in [3.8, 4) is 16.9 Å². The summed E-state index contributed by atoms with van der Waals surface area (Å²) >= 11 is 0. The normalized spacial score (nSPS) is 14.0. The summed E-state index contributed by atoms with van der Waals surface area (Å²) in [7, 11) is 0. The summed E-state index contributed by atoms with van der Waals surface area (Å²) in [5, 5.41) is 23.2. The standard InChI is InChI=1S/C27H27NO5/c1-2-15-32-19-13-11-18(12-14-19)26(30)25(29)16-28-27(31)33-17-24-22-9-5-3-7-20(22)21-8-4-6-10-23(21)24/h2-14,24-26,29-30H,1,15-17H2,(H,28,31). The summed E-state index contributed by atoms with van der Waals surface area (Å²) in [6, 6.07) is 22.9. The molecule has 0 radical (unpaired) electrons. The maximum Gasteiger partial charge on any atom is 0.407 e. The first-order chi connectivity index (χ1) is 16.1. The lowest BCUT2D eigenvalue weighted by molar-refractivity contribution is 0.0185. The third kappa shape index (κ3) is 5.08. The van der Waals surface area contributed by atoms with Crippen molar-refractivity contribution in [2.24, 2.45) is 0 Å². The van der Waals surface area contributed by atoms with Crippen molar-refractivity contribution in [2.75, 3.05) is 19.8 Å². The topological polar surface area (TPSA) is 88.0 Å². The Morgan fingerprint density at radius 3 is 2.18 bits per heavy atom. The number of hydrogen-bond acceptors (Lipinski definition) is 5. The maximum atomic E-state index is 12.3. The molecule has 6 nitrogen and oxygen atoms in total. The van der Waals surface area contributed by atoms with Crippen molar-refractivity contribution in [3.63, 3.8) is 0 Å². The van der Waals surface area contributed by atoms with E-state index in [4.69, 9.17) is 9.47 Å². The fourth-order valence-corrected chi connectivity index (χ4v) is 4.09. The summed E-state index contributed by atoms with van der Waals surface area (Å²) in [5.41, 5.74) is 5.08. The highest BCUT2D eigenvalue weighted by molar-refractivity contribution is 5.79. The van der Waals surface area contributed by atoms with Gasteiger partial charge < -0.3 is 25.0 Å². The highest BCUT2D eigenvalue weighted by Gasteiger charge is 2.29. The number of fused-ring (bicyclic) bond motifs is 3. The van der Waals surface area contributed by atoms with Crippen molar-refractivity contribution in [2.45, 2.75) is 18.1 Å². The van der Waals surface area contributed by atoms with Gasteiger partial charge in [0.2, 0.25) is 0 Å². The molecular formula is C27H27NO5. The molecule has 0 fully saturated rings. The van der Waals surface area contributed by atoms with E-state index in [0.29, 0.717) is 17.9 Å². The minimum absolute atomic E-state index is 0.0412. The number of rotatable bonds is 9. The van der Waals surface area contributed by atoms with Gasteiger partial charge in [-0.3, -0.25) is 0 Å². The van der Waals surface area contributed by atoms with Gasteiger partial charge in [0.05, 0.1) is 0 Å². The minimum Gasteiger partial charge on any atom is -0.490 e. The van der Waals surface area contributed by atoms with Crippen molar-refractivity contribution in [1.82, 2.24) is 5.32 Å². The Balaban J connectivity index is 1.29. The Kier molecular flexibility index (Phi) is 7.07. The molecule has 170 valence electrons. The molecule has 4 rings (SSSR count). The second-order valence-corrected chi connectivity index (χ2v) is 7.89. The van der Waals surface area contributed by atoms with Crippen LogP contribution >= 0.6 is 0 Å². The molecule has 0 aliphatic heterocycles. The molecule has 0 bridgehead atoms. The van der Waals surface area contributed by atoms with Gasteiger partial charge in [-0.2, -0.15) is 0 Å². The van der Waals surface area contributed by atoms with E-state index in [2.05, 4.69) is 36.2 Å². The van der Waals surface area contributed by atoms with Gasteiger partial charge in [-0.05, 0) is 39.9 Å². The Labute approximate surface area is 193 Å². The molecule has 6 heteroatoms. The largest absolute Gasteiger partial charge is 0.490 e. The first-order valence-corrected chi connectivity index (χ1v) is 10.9. The molecule has 2 unspecified atom stereocenters. The lowest BCUT2D eigenvalue weighted by Gasteiger charge is -2.19. The number of benzene rings is 3. The first-order valence-electron chi connectivity index (χ1n) is 10.9. The molecule has 0 aromatic heterocycles. The fourth-order valence-electron chi connectivity index (χ4n) is 4.09. The van der Waals surface area contributed by atoms with Gasteiger partial charge in [0.15, 0.2) is 0 Å². The van der Waals surface area contributed by atoms with Crippen LogP contribution in [0.4, 0.5) is 4.79 Å².